The lowest BCUT2D eigenvalue weighted by molar-refractivity contribution is 0.0945. The van der Waals surface area contributed by atoms with E-state index in [-0.39, 0.29) is 11.9 Å². The van der Waals surface area contributed by atoms with Gasteiger partial charge in [-0.1, -0.05) is 22.0 Å². The van der Waals surface area contributed by atoms with E-state index in [1.54, 1.807) is 16.9 Å². The second kappa shape index (κ2) is 5.99. The largest absolute Gasteiger partial charge is 0.349 e. The Balaban J connectivity index is 1.65. The SMILES string of the molecule is NC(CNC(=O)c1ccn(-c2cccc(Br)c2)n1)C1CC1. The van der Waals surface area contributed by atoms with Gasteiger partial charge in [0.2, 0.25) is 0 Å². The molecule has 0 radical (unpaired) electrons. The van der Waals surface area contributed by atoms with Gasteiger partial charge < -0.3 is 11.1 Å². The van der Waals surface area contributed by atoms with Crippen LogP contribution in [0, 0.1) is 5.92 Å². The van der Waals surface area contributed by atoms with E-state index in [2.05, 4.69) is 26.3 Å². The summed E-state index contributed by atoms with van der Waals surface area (Å²) in [5.74, 6) is 0.393. The number of hydrogen-bond donors (Lipinski definition) is 2. The molecule has 110 valence electrons. The van der Waals surface area contributed by atoms with Gasteiger partial charge in [0.25, 0.3) is 5.91 Å². The van der Waals surface area contributed by atoms with Gasteiger partial charge in [0, 0.05) is 23.3 Å². The third kappa shape index (κ3) is 3.51. The van der Waals surface area contributed by atoms with Crippen LogP contribution in [0.2, 0.25) is 0 Å². The van der Waals surface area contributed by atoms with Crippen LogP contribution in [-0.2, 0) is 0 Å². The number of hydrogen-bond acceptors (Lipinski definition) is 3. The first-order valence-corrected chi connectivity index (χ1v) is 7.78. The van der Waals surface area contributed by atoms with Crippen LogP contribution in [0.3, 0.4) is 0 Å². The second-order valence-corrected chi connectivity index (χ2v) is 6.25. The molecule has 1 heterocycles. The fourth-order valence-corrected chi connectivity index (χ4v) is 2.59. The molecule has 3 rings (SSSR count). The fourth-order valence-electron chi connectivity index (χ4n) is 2.20. The van der Waals surface area contributed by atoms with E-state index < -0.39 is 0 Å². The summed E-state index contributed by atoms with van der Waals surface area (Å²) >= 11 is 3.42. The molecule has 0 aliphatic heterocycles. The number of amides is 1. The van der Waals surface area contributed by atoms with Crippen LogP contribution >= 0.6 is 15.9 Å². The molecular formula is C15H17BrN4O. The maximum absolute atomic E-state index is 12.1. The van der Waals surface area contributed by atoms with E-state index in [1.165, 1.54) is 12.8 Å². The Bertz CT molecular complexity index is 651. The number of carbonyl (C=O) groups excluding carboxylic acids is 1. The van der Waals surface area contributed by atoms with Gasteiger partial charge in [0.1, 0.15) is 0 Å². The van der Waals surface area contributed by atoms with Crippen molar-refractivity contribution in [3.05, 3.63) is 46.7 Å². The first-order valence-electron chi connectivity index (χ1n) is 6.99. The number of halogens is 1. The van der Waals surface area contributed by atoms with Crippen molar-refractivity contribution in [1.82, 2.24) is 15.1 Å². The van der Waals surface area contributed by atoms with Crippen LogP contribution in [0.15, 0.2) is 41.0 Å². The highest BCUT2D eigenvalue weighted by atomic mass is 79.9. The average Bonchev–Trinajstić information content (AvgIpc) is 3.21. The highest BCUT2D eigenvalue weighted by Crippen LogP contribution is 2.31. The van der Waals surface area contributed by atoms with Crippen molar-refractivity contribution in [1.29, 1.82) is 0 Å². The minimum absolute atomic E-state index is 0.0566. The Labute approximate surface area is 131 Å². The third-order valence-corrected chi connectivity index (χ3v) is 4.11. The smallest absolute Gasteiger partial charge is 0.271 e. The Morgan fingerprint density at radius 3 is 3.00 bits per heavy atom. The van der Waals surface area contributed by atoms with Crippen molar-refractivity contribution in [2.45, 2.75) is 18.9 Å². The lowest BCUT2D eigenvalue weighted by atomic mass is 10.2. The Morgan fingerprint density at radius 2 is 2.29 bits per heavy atom. The highest BCUT2D eigenvalue weighted by Gasteiger charge is 2.28. The number of rotatable bonds is 5. The molecule has 1 aliphatic rings. The normalized spacial score (nSPS) is 15.7. The molecule has 0 bridgehead atoms. The van der Waals surface area contributed by atoms with Crippen LogP contribution < -0.4 is 11.1 Å². The standard InChI is InChI=1S/C15H17BrN4O/c16-11-2-1-3-12(8-11)20-7-6-14(19-20)15(21)18-9-13(17)10-4-5-10/h1-3,6-8,10,13H,4-5,9,17H2,(H,18,21). The zero-order valence-corrected chi connectivity index (χ0v) is 13.1. The Hall–Kier alpha value is -1.66. The molecule has 1 aromatic carbocycles. The molecule has 1 aromatic heterocycles. The van der Waals surface area contributed by atoms with Crippen molar-refractivity contribution in [2.24, 2.45) is 11.7 Å². The molecule has 21 heavy (non-hydrogen) atoms. The molecule has 1 atom stereocenters. The van der Waals surface area contributed by atoms with E-state index in [4.69, 9.17) is 5.73 Å². The molecule has 1 fully saturated rings. The number of nitrogens with two attached hydrogens (primary N) is 1. The maximum Gasteiger partial charge on any atom is 0.271 e. The quantitative estimate of drug-likeness (QED) is 0.868. The summed E-state index contributed by atoms with van der Waals surface area (Å²) in [6.07, 6.45) is 4.13. The second-order valence-electron chi connectivity index (χ2n) is 5.34. The zero-order chi connectivity index (χ0) is 14.8. The number of nitrogens with one attached hydrogen (secondary N) is 1. The highest BCUT2D eigenvalue weighted by molar-refractivity contribution is 9.10. The summed E-state index contributed by atoms with van der Waals surface area (Å²) in [6.45, 7) is 0.507. The van der Waals surface area contributed by atoms with E-state index in [0.717, 1.165) is 10.2 Å². The van der Waals surface area contributed by atoms with Crippen molar-refractivity contribution >= 4 is 21.8 Å². The zero-order valence-electron chi connectivity index (χ0n) is 11.5. The molecule has 0 spiro atoms. The number of aromatic nitrogens is 2. The third-order valence-electron chi connectivity index (χ3n) is 3.62. The van der Waals surface area contributed by atoms with Gasteiger partial charge in [0.05, 0.1) is 5.69 Å². The number of benzene rings is 1. The van der Waals surface area contributed by atoms with Crippen molar-refractivity contribution in [2.75, 3.05) is 6.54 Å². The minimum Gasteiger partial charge on any atom is -0.349 e. The molecule has 0 saturated heterocycles. The van der Waals surface area contributed by atoms with Crippen molar-refractivity contribution < 1.29 is 4.79 Å². The topological polar surface area (TPSA) is 72.9 Å². The van der Waals surface area contributed by atoms with Crippen molar-refractivity contribution in [3.8, 4) is 5.69 Å². The minimum atomic E-state index is -0.181. The summed E-state index contributed by atoms with van der Waals surface area (Å²) in [6, 6.07) is 9.51. The van der Waals surface area contributed by atoms with Crippen molar-refractivity contribution in [3.63, 3.8) is 0 Å². The lowest BCUT2D eigenvalue weighted by Gasteiger charge is -2.10. The Kier molecular flexibility index (Phi) is 4.07. The summed E-state index contributed by atoms with van der Waals surface area (Å²) < 4.78 is 2.65. The Morgan fingerprint density at radius 1 is 1.48 bits per heavy atom. The molecular weight excluding hydrogens is 332 g/mol. The molecule has 1 saturated carbocycles. The number of nitrogens with zero attached hydrogens (tertiary/aromatic N) is 2. The van der Waals surface area contributed by atoms with Gasteiger partial charge in [-0.15, -0.1) is 0 Å². The van der Waals surface area contributed by atoms with Crippen LogP contribution in [0.1, 0.15) is 23.3 Å². The lowest BCUT2D eigenvalue weighted by Crippen LogP contribution is -2.38. The van der Waals surface area contributed by atoms with Gasteiger partial charge in [-0.3, -0.25) is 4.79 Å². The first kappa shape index (κ1) is 14.3. The molecule has 2 aromatic rings. The van der Waals surface area contributed by atoms with E-state index in [9.17, 15) is 4.79 Å². The van der Waals surface area contributed by atoms with Crippen LogP contribution in [0.5, 0.6) is 0 Å². The van der Waals surface area contributed by atoms with Crippen LogP contribution in [0.25, 0.3) is 5.69 Å². The fraction of sp³-hybridized carbons (Fsp3) is 0.333. The summed E-state index contributed by atoms with van der Waals surface area (Å²) in [4.78, 5) is 12.1. The van der Waals surface area contributed by atoms with E-state index in [0.29, 0.717) is 18.2 Å². The van der Waals surface area contributed by atoms with Gasteiger partial charge in [-0.05, 0) is 43.0 Å². The number of carbonyl (C=O) groups is 1. The van der Waals surface area contributed by atoms with Gasteiger partial charge in [0.15, 0.2) is 5.69 Å². The summed E-state index contributed by atoms with van der Waals surface area (Å²) in [5, 5.41) is 7.15. The van der Waals surface area contributed by atoms with E-state index >= 15 is 0 Å². The molecule has 1 unspecified atom stereocenters. The molecule has 1 amide bonds. The molecule has 5 nitrogen and oxygen atoms in total. The van der Waals surface area contributed by atoms with Crippen LogP contribution in [0.4, 0.5) is 0 Å². The maximum atomic E-state index is 12.1. The first-order chi connectivity index (χ1) is 10.1. The average molecular weight is 349 g/mol. The molecule has 6 heteroatoms. The predicted molar refractivity (Wildman–Crippen MR) is 84.3 cm³/mol. The van der Waals surface area contributed by atoms with Crippen LogP contribution in [-0.4, -0.2) is 28.3 Å². The molecule has 1 aliphatic carbocycles. The van der Waals surface area contributed by atoms with Gasteiger partial charge >= 0.3 is 0 Å². The van der Waals surface area contributed by atoms with Gasteiger partial charge in [-0.25, -0.2) is 4.68 Å². The summed E-state index contributed by atoms with van der Waals surface area (Å²) in [5.41, 5.74) is 7.27. The monoisotopic (exact) mass is 348 g/mol. The van der Waals surface area contributed by atoms with E-state index in [1.807, 2.05) is 24.3 Å². The predicted octanol–water partition coefficient (Wildman–Crippen LogP) is 2.10. The summed E-state index contributed by atoms with van der Waals surface area (Å²) in [7, 11) is 0. The molecule has 3 N–H and O–H groups in total. The van der Waals surface area contributed by atoms with Gasteiger partial charge in [-0.2, -0.15) is 5.10 Å².